The van der Waals surface area contributed by atoms with Crippen molar-refractivity contribution in [1.82, 2.24) is 5.32 Å². The first-order chi connectivity index (χ1) is 11.7. The van der Waals surface area contributed by atoms with Gasteiger partial charge in [0.05, 0.1) is 18.8 Å². The van der Waals surface area contributed by atoms with Crippen LogP contribution in [0, 0.1) is 0 Å². The first-order valence-electron chi connectivity index (χ1n) is 8.29. The van der Waals surface area contributed by atoms with Gasteiger partial charge in [0.2, 0.25) is 0 Å². The predicted molar refractivity (Wildman–Crippen MR) is 93.7 cm³/mol. The lowest BCUT2D eigenvalue weighted by Gasteiger charge is -2.28. The molecule has 0 fully saturated rings. The van der Waals surface area contributed by atoms with E-state index in [0.29, 0.717) is 24.5 Å². The minimum absolute atomic E-state index is 0.0840. The first kappa shape index (κ1) is 16.2. The second-order valence-electron chi connectivity index (χ2n) is 5.58. The molecular weight excluding hydrogens is 304 g/mol. The van der Waals surface area contributed by atoms with Crippen LogP contribution in [0.5, 0.6) is 11.5 Å². The molecule has 2 aromatic carbocycles. The van der Waals surface area contributed by atoms with E-state index in [9.17, 15) is 4.79 Å². The number of carbonyl (C=O) groups is 1. The summed E-state index contributed by atoms with van der Waals surface area (Å²) in [4.78, 5) is 12.3. The molecule has 0 bridgehead atoms. The standard InChI is InChI=1S/C19H22N2O3/c1-3-11-24-17-12-13(9-10-16(17)23-4-2)18-20-15-8-6-5-7-14(15)19(22)21-18/h5-10,12,18,20H,3-4,11H2,1-2H3,(H,21,22)/t18-/m1/s1. The van der Waals surface area contributed by atoms with E-state index in [1.807, 2.05) is 49.4 Å². The summed E-state index contributed by atoms with van der Waals surface area (Å²) in [5.41, 5.74) is 2.41. The maximum atomic E-state index is 12.3. The van der Waals surface area contributed by atoms with E-state index in [4.69, 9.17) is 9.47 Å². The largest absolute Gasteiger partial charge is 0.490 e. The summed E-state index contributed by atoms with van der Waals surface area (Å²) >= 11 is 0. The third kappa shape index (κ3) is 3.30. The van der Waals surface area contributed by atoms with Crippen molar-refractivity contribution in [2.24, 2.45) is 0 Å². The number of hydrogen-bond acceptors (Lipinski definition) is 4. The Morgan fingerprint density at radius 2 is 1.83 bits per heavy atom. The van der Waals surface area contributed by atoms with Crippen LogP contribution in [0.15, 0.2) is 42.5 Å². The number of amides is 1. The molecule has 0 spiro atoms. The van der Waals surface area contributed by atoms with Crippen LogP contribution in [0.3, 0.4) is 0 Å². The number of fused-ring (bicyclic) bond motifs is 1. The van der Waals surface area contributed by atoms with E-state index in [0.717, 1.165) is 23.4 Å². The van der Waals surface area contributed by atoms with Crippen LogP contribution in [0.2, 0.25) is 0 Å². The minimum Gasteiger partial charge on any atom is -0.490 e. The molecular formula is C19H22N2O3. The van der Waals surface area contributed by atoms with Gasteiger partial charge in [-0.3, -0.25) is 4.79 Å². The van der Waals surface area contributed by atoms with Crippen molar-refractivity contribution >= 4 is 11.6 Å². The summed E-state index contributed by atoms with van der Waals surface area (Å²) in [6, 6.07) is 13.2. The van der Waals surface area contributed by atoms with Crippen LogP contribution in [0.1, 0.15) is 42.4 Å². The molecule has 0 saturated carbocycles. The van der Waals surface area contributed by atoms with Gasteiger partial charge in [0, 0.05) is 5.69 Å². The Hall–Kier alpha value is -2.69. The fourth-order valence-electron chi connectivity index (χ4n) is 2.68. The number of rotatable bonds is 6. The number of ether oxygens (including phenoxy) is 2. The van der Waals surface area contributed by atoms with Gasteiger partial charge < -0.3 is 20.1 Å². The minimum atomic E-state index is -0.299. The van der Waals surface area contributed by atoms with Crippen molar-refractivity contribution in [3.8, 4) is 11.5 Å². The number of hydrogen-bond donors (Lipinski definition) is 2. The molecule has 0 radical (unpaired) electrons. The van der Waals surface area contributed by atoms with Crippen LogP contribution in [-0.4, -0.2) is 19.1 Å². The van der Waals surface area contributed by atoms with E-state index in [1.165, 1.54) is 0 Å². The van der Waals surface area contributed by atoms with Crippen molar-refractivity contribution in [1.29, 1.82) is 0 Å². The summed E-state index contributed by atoms with van der Waals surface area (Å²) in [5.74, 6) is 1.34. The van der Waals surface area contributed by atoms with E-state index in [2.05, 4.69) is 17.6 Å². The molecule has 5 nitrogen and oxygen atoms in total. The Morgan fingerprint density at radius 3 is 2.62 bits per heavy atom. The quantitative estimate of drug-likeness (QED) is 0.849. The third-order valence-electron chi connectivity index (χ3n) is 3.81. The predicted octanol–water partition coefficient (Wildman–Crippen LogP) is 3.73. The van der Waals surface area contributed by atoms with Crippen molar-refractivity contribution in [2.75, 3.05) is 18.5 Å². The monoisotopic (exact) mass is 326 g/mol. The van der Waals surface area contributed by atoms with E-state index in [-0.39, 0.29) is 12.1 Å². The third-order valence-corrected chi connectivity index (χ3v) is 3.81. The zero-order valence-corrected chi connectivity index (χ0v) is 14.0. The fraction of sp³-hybridized carbons (Fsp3) is 0.316. The number of para-hydroxylation sites is 1. The molecule has 1 heterocycles. The Bertz CT molecular complexity index is 730. The normalized spacial score (nSPS) is 15.9. The highest BCUT2D eigenvalue weighted by atomic mass is 16.5. The lowest BCUT2D eigenvalue weighted by Crippen LogP contribution is -2.38. The van der Waals surface area contributed by atoms with Crippen LogP contribution in [0.25, 0.3) is 0 Å². The second-order valence-corrected chi connectivity index (χ2v) is 5.58. The SMILES string of the molecule is CCCOc1cc([C@H]2NC(=O)c3ccccc3N2)ccc1OCC. The summed E-state index contributed by atoms with van der Waals surface area (Å²) < 4.78 is 11.4. The summed E-state index contributed by atoms with van der Waals surface area (Å²) in [7, 11) is 0. The molecule has 1 amide bonds. The number of nitrogens with one attached hydrogen (secondary N) is 2. The van der Waals surface area contributed by atoms with Crippen molar-refractivity contribution in [3.63, 3.8) is 0 Å². The van der Waals surface area contributed by atoms with Gasteiger partial charge in [0.1, 0.15) is 6.17 Å². The zero-order chi connectivity index (χ0) is 16.9. The maximum absolute atomic E-state index is 12.3. The van der Waals surface area contributed by atoms with Crippen LogP contribution in [0.4, 0.5) is 5.69 Å². The molecule has 0 unspecified atom stereocenters. The topological polar surface area (TPSA) is 59.6 Å². The molecule has 1 aliphatic heterocycles. The zero-order valence-electron chi connectivity index (χ0n) is 14.0. The van der Waals surface area contributed by atoms with Gasteiger partial charge in [-0.1, -0.05) is 25.1 Å². The van der Waals surface area contributed by atoms with E-state index < -0.39 is 0 Å². The average Bonchev–Trinajstić information content (AvgIpc) is 2.61. The maximum Gasteiger partial charge on any atom is 0.255 e. The van der Waals surface area contributed by atoms with Gasteiger partial charge >= 0.3 is 0 Å². The van der Waals surface area contributed by atoms with Gasteiger partial charge in [-0.15, -0.1) is 0 Å². The van der Waals surface area contributed by atoms with E-state index >= 15 is 0 Å². The molecule has 126 valence electrons. The smallest absolute Gasteiger partial charge is 0.255 e. The molecule has 5 heteroatoms. The number of benzene rings is 2. The molecule has 2 aromatic rings. The van der Waals surface area contributed by atoms with Crippen LogP contribution < -0.4 is 20.1 Å². The van der Waals surface area contributed by atoms with Crippen molar-refractivity contribution in [3.05, 3.63) is 53.6 Å². The summed E-state index contributed by atoms with van der Waals surface area (Å²) in [6.07, 6.45) is 0.619. The Kier molecular flexibility index (Phi) is 4.89. The van der Waals surface area contributed by atoms with Gasteiger partial charge in [-0.05, 0) is 43.2 Å². The molecule has 2 N–H and O–H groups in total. The van der Waals surface area contributed by atoms with Gasteiger partial charge in [-0.25, -0.2) is 0 Å². The molecule has 1 atom stereocenters. The van der Waals surface area contributed by atoms with Crippen molar-refractivity contribution < 1.29 is 14.3 Å². The molecule has 1 aliphatic rings. The van der Waals surface area contributed by atoms with Gasteiger partial charge in [0.15, 0.2) is 11.5 Å². The second kappa shape index (κ2) is 7.25. The Balaban J connectivity index is 1.88. The summed E-state index contributed by atoms with van der Waals surface area (Å²) in [5, 5.41) is 6.33. The Labute approximate surface area is 142 Å². The van der Waals surface area contributed by atoms with Crippen molar-refractivity contribution in [2.45, 2.75) is 26.4 Å². The average molecular weight is 326 g/mol. The Morgan fingerprint density at radius 1 is 1.00 bits per heavy atom. The molecule has 24 heavy (non-hydrogen) atoms. The molecule has 0 aromatic heterocycles. The highest BCUT2D eigenvalue weighted by Crippen LogP contribution is 2.33. The van der Waals surface area contributed by atoms with E-state index in [1.54, 1.807) is 0 Å². The lowest BCUT2D eigenvalue weighted by molar-refractivity contribution is 0.0935. The molecule has 3 rings (SSSR count). The molecule has 0 saturated heterocycles. The summed E-state index contributed by atoms with van der Waals surface area (Å²) in [6.45, 7) is 5.20. The van der Waals surface area contributed by atoms with Gasteiger partial charge in [-0.2, -0.15) is 0 Å². The van der Waals surface area contributed by atoms with Gasteiger partial charge in [0.25, 0.3) is 5.91 Å². The highest BCUT2D eigenvalue weighted by Gasteiger charge is 2.24. The van der Waals surface area contributed by atoms with Crippen LogP contribution >= 0.6 is 0 Å². The first-order valence-corrected chi connectivity index (χ1v) is 8.29. The fourth-order valence-corrected chi connectivity index (χ4v) is 2.68. The lowest BCUT2D eigenvalue weighted by atomic mass is 10.1. The number of carbonyl (C=O) groups excluding carboxylic acids is 1. The number of anilines is 1. The highest BCUT2D eigenvalue weighted by molar-refractivity contribution is 6.01. The van der Waals surface area contributed by atoms with Crippen LogP contribution in [-0.2, 0) is 0 Å². The molecule has 0 aliphatic carbocycles.